The lowest BCUT2D eigenvalue weighted by molar-refractivity contribution is -0.156. The molecule has 0 aliphatic carbocycles. The number of esters is 3. The summed E-state index contributed by atoms with van der Waals surface area (Å²) in [5.41, 5.74) is 0.740. The second kappa shape index (κ2) is 15.9. The molecule has 0 radical (unpaired) electrons. The number of hydrogen-bond donors (Lipinski definition) is 1. The van der Waals surface area contributed by atoms with Crippen LogP contribution in [0.5, 0.6) is 0 Å². The van der Waals surface area contributed by atoms with E-state index in [1.54, 1.807) is 6.07 Å². The summed E-state index contributed by atoms with van der Waals surface area (Å²) in [6.45, 7) is 15.8. The number of benzene rings is 1. The molecule has 1 aliphatic rings. The average Bonchev–Trinajstić information content (AvgIpc) is 3.03. The van der Waals surface area contributed by atoms with E-state index >= 15 is 0 Å². The molecule has 0 amide bonds. The smallest absolute Gasteiger partial charge is 0.357 e. The van der Waals surface area contributed by atoms with Gasteiger partial charge in [0.05, 0.1) is 5.69 Å². The van der Waals surface area contributed by atoms with Gasteiger partial charge in [0.25, 0.3) is 0 Å². The quantitative estimate of drug-likeness (QED) is 0.320. The zero-order valence-electron chi connectivity index (χ0n) is 26.6. The van der Waals surface area contributed by atoms with Crippen molar-refractivity contribution in [1.29, 1.82) is 0 Å². The van der Waals surface area contributed by atoms with Crippen LogP contribution in [0.2, 0.25) is 0 Å². The maximum absolute atomic E-state index is 13.5. The van der Waals surface area contributed by atoms with Crippen LogP contribution in [0, 0.1) is 0 Å². The molecule has 1 atom stereocenters. The molecule has 1 aromatic heterocycles. The monoisotopic (exact) mass is 596 g/mol. The lowest BCUT2D eigenvalue weighted by Gasteiger charge is -2.31. The lowest BCUT2D eigenvalue weighted by atomic mass is 10.1. The zero-order chi connectivity index (χ0) is 31.5. The van der Waals surface area contributed by atoms with Gasteiger partial charge < -0.3 is 19.5 Å². The van der Waals surface area contributed by atoms with Crippen LogP contribution in [-0.2, 0) is 37.0 Å². The van der Waals surface area contributed by atoms with Crippen molar-refractivity contribution in [3.05, 3.63) is 65.5 Å². The Morgan fingerprint density at radius 3 is 2.26 bits per heavy atom. The molecule has 0 saturated carbocycles. The molecule has 1 saturated heterocycles. The minimum Gasteiger partial charge on any atom is -0.460 e. The van der Waals surface area contributed by atoms with E-state index in [2.05, 4.69) is 20.1 Å². The normalized spacial score (nSPS) is 16.3. The summed E-state index contributed by atoms with van der Waals surface area (Å²) in [6, 6.07) is 14.3. The summed E-state index contributed by atoms with van der Waals surface area (Å²) in [5.74, 6) is -1.15. The standard InChI is InChI=1S/C33H48N4O6/c1-32(2,3)42-29(38)16-15-28(31(40)41-24-25-11-8-7-9-12-25)37-20-18-34-17-19-36(21-22-37)23-26-13-10-14-27(35-26)30(39)43-33(4,5)6/h7-14,28,34H,15-24H2,1-6H3. The third-order valence-electron chi connectivity index (χ3n) is 6.66. The van der Waals surface area contributed by atoms with Gasteiger partial charge in [0.2, 0.25) is 0 Å². The summed E-state index contributed by atoms with van der Waals surface area (Å²) in [7, 11) is 0. The fourth-order valence-corrected chi connectivity index (χ4v) is 4.71. The van der Waals surface area contributed by atoms with Crippen LogP contribution in [0.15, 0.2) is 48.5 Å². The Kier molecular flexibility index (Phi) is 12.7. The Morgan fingerprint density at radius 1 is 0.860 bits per heavy atom. The minimum absolute atomic E-state index is 0.109. The van der Waals surface area contributed by atoms with E-state index in [1.807, 2.05) is 84.0 Å². The van der Waals surface area contributed by atoms with Crippen molar-refractivity contribution >= 4 is 17.9 Å². The largest absolute Gasteiger partial charge is 0.460 e. The fourth-order valence-electron chi connectivity index (χ4n) is 4.71. The minimum atomic E-state index is -0.605. The molecule has 1 aromatic carbocycles. The molecular formula is C33H48N4O6. The Bertz CT molecular complexity index is 1190. The number of pyridine rings is 1. The van der Waals surface area contributed by atoms with E-state index in [0.29, 0.717) is 39.1 Å². The number of nitrogens with zero attached hydrogens (tertiary/aromatic N) is 3. The second-order valence-electron chi connectivity index (χ2n) is 12.8. The van der Waals surface area contributed by atoms with Gasteiger partial charge in [0, 0.05) is 52.2 Å². The predicted molar refractivity (Wildman–Crippen MR) is 164 cm³/mol. The average molecular weight is 597 g/mol. The van der Waals surface area contributed by atoms with Crippen molar-refractivity contribution in [2.45, 2.75) is 84.8 Å². The Labute approximate surface area is 256 Å². The van der Waals surface area contributed by atoms with Gasteiger partial charge in [0.15, 0.2) is 0 Å². The van der Waals surface area contributed by atoms with Crippen LogP contribution in [0.1, 0.15) is 76.1 Å². The van der Waals surface area contributed by atoms with Gasteiger partial charge in [-0.05, 0) is 65.7 Å². The van der Waals surface area contributed by atoms with Crippen molar-refractivity contribution in [1.82, 2.24) is 20.1 Å². The molecule has 1 N–H and O–H groups in total. The third kappa shape index (κ3) is 12.8. The molecule has 43 heavy (non-hydrogen) atoms. The van der Waals surface area contributed by atoms with Crippen molar-refractivity contribution in [3.8, 4) is 0 Å². The highest BCUT2D eigenvalue weighted by molar-refractivity contribution is 5.87. The van der Waals surface area contributed by atoms with Gasteiger partial charge >= 0.3 is 17.9 Å². The topological polar surface area (TPSA) is 110 Å². The molecule has 1 unspecified atom stereocenters. The van der Waals surface area contributed by atoms with E-state index < -0.39 is 23.2 Å². The molecule has 10 heteroatoms. The summed E-state index contributed by atoms with van der Waals surface area (Å²) in [4.78, 5) is 47.5. The highest BCUT2D eigenvalue weighted by Gasteiger charge is 2.30. The maximum Gasteiger partial charge on any atom is 0.357 e. The number of rotatable bonds is 10. The lowest BCUT2D eigenvalue weighted by Crippen LogP contribution is -2.47. The fraction of sp³-hybridized carbons (Fsp3) is 0.576. The number of ether oxygens (including phenoxy) is 3. The SMILES string of the molecule is CC(C)(C)OC(=O)CCC(C(=O)OCc1ccccc1)N1CCNCCN(Cc2cccc(C(=O)OC(C)(C)C)n2)CC1. The van der Waals surface area contributed by atoms with Crippen LogP contribution in [-0.4, -0.2) is 89.2 Å². The van der Waals surface area contributed by atoms with Crippen LogP contribution in [0.4, 0.5) is 0 Å². The number of nitrogens with one attached hydrogen (secondary N) is 1. The summed E-state index contributed by atoms with van der Waals surface area (Å²) in [6.07, 6.45) is 0.402. The van der Waals surface area contributed by atoms with Crippen molar-refractivity contribution in [2.24, 2.45) is 0 Å². The molecule has 0 bridgehead atoms. The van der Waals surface area contributed by atoms with Crippen molar-refractivity contribution in [2.75, 3.05) is 39.3 Å². The van der Waals surface area contributed by atoms with Crippen molar-refractivity contribution in [3.63, 3.8) is 0 Å². The third-order valence-corrected chi connectivity index (χ3v) is 6.66. The number of aromatic nitrogens is 1. The Morgan fingerprint density at radius 2 is 1.56 bits per heavy atom. The molecular weight excluding hydrogens is 548 g/mol. The van der Waals surface area contributed by atoms with Crippen LogP contribution in [0.25, 0.3) is 0 Å². The van der Waals surface area contributed by atoms with E-state index in [4.69, 9.17) is 14.2 Å². The van der Waals surface area contributed by atoms with Gasteiger partial charge in [-0.15, -0.1) is 0 Å². The molecule has 3 rings (SSSR count). The molecule has 1 fully saturated rings. The first-order valence-corrected chi connectivity index (χ1v) is 15.1. The van der Waals surface area contributed by atoms with Gasteiger partial charge in [0.1, 0.15) is 29.5 Å². The molecule has 236 valence electrons. The highest BCUT2D eigenvalue weighted by Crippen LogP contribution is 2.17. The summed E-state index contributed by atoms with van der Waals surface area (Å²) in [5, 5.41) is 3.45. The molecule has 2 heterocycles. The highest BCUT2D eigenvalue weighted by atomic mass is 16.6. The van der Waals surface area contributed by atoms with E-state index in [-0.39, 0.29) is 30.7 Å². The van der Waals surface area contributed by atoms with E-state index in [0.717, 1.165) is 24.3 Å². The van der Waals surface area contributed by atoms with Gasteiger partial charge in [-0.3, -0.25) is 19.4 Å². The first-order valence-electron chi connectivity index (χ1n) is 15.1. The summed E-state index contributed by atoms with van der Waals surface area (Å²) >= 11 is 0. The first-order chi connectivity index (χ1) is 20.3. The summed E-state index contributed by atoms with van der Waals surface area (Å²) < 4.78 is 16.8. The van der Waals surface area contributed by atoms with Crippen LogP contribution >= 0.6 is 0 Å². The maximum atomic E-state index is 13.5. The molecule has 10 nitrogen and oxygen atoms in total. The van der Waals surface area contributed by atoms with E-state index in [1.165, 1.54) is 0 Å². The van der Waals surface area contributed by atoms with Gasteiger partial charge in [-0.1, -0.05) is 36.4 Å². The van der Waals surface area contributed by atoms with Gasteiger partial charge in [-0.25, -0.2) is 9.78 Å². The van der Waals surface area contributed by atoms with Gasteiger partial charge in [-0.2, -0.15) is 0 Å². The second-order valence-corrected chi connectivity index (χ2v) is 12.8. The Balaban J connectivity index is 1.71. The number of carbonyl (C=O) groups is 3. The zero-order valence-corrected chi connectivity index (χ0v) is 26.6. The number of hydrogen-bond acceptors (Lipinski definition) is 10. The molecule has 1 aliphatic heterocycles. The van der Waals surface area contributed by atoms with Crippen LogP contribution in [0.3, 0.4) is 0 Å². The first kappa shape index (κ1) is 34.2. The predicted octanol–water partition coefficient (Wildman–Crippen LogP) is 3.98. The molecule has 0 spiro atoms. The van der Waals surface area contributed by atoms with Crippen molar-refractivity contribution < 1.29 is 28.6 Å². The Hall–Kier alpha value is -3.34. The number of carbonyl (C=O) groups excluding carboxylic acids is 3. The molecule has 2 aromatic rings. The van der Waals surface area contributed by atoms with E-state index in [9.17, 15) is 14.4 Å². The van der Waals surface area contributed by atoms with Crippen LogP contribution < -0.4 is 5.32 Å².